The van der Waals surface area contributed by atoms with Crippen molar-refractivity contribution in [2.75, 3.05) is 17.1 Å². The van der Waals surface area contributed by atoms with Crippen molar-refractivity contribution in [2.24, 2.45) is 0 Å². The maximum Gasteiger partial charge on any atom is 0.244 e. The molecule has 1 aliphatic rings. The lowest BCUT2D eigenvalue weighted by Crippen LogP contribution is -2.54. The van der Waals surface area contributed by atoms with Crippen LogP contribution in [0.1, 0.15) is 56.6 Å². The predicted molar refractivity (Wildman–Crippen MR) is 149 cm³/mol. The van der Waals surface area contributed by atoms with Crippen LogP contribution in [0, 0.1) is 6.92 Å². The van der Waals surface area contributed by atoms with E-state index in [0.29, 0.717) is 27.7 Å². The lowest BCUT2D eigenvalue weighted by molar-refractivity contribution is -0.140. The molecule has 3 rings (SSSR count). The Morgan fingerprint density at radius 3 is 2.24 bits per heavy atom. The number of anilines is 1. The van der Waals surface area contributed by atoms with Crippen LogP contribution in [0.15, 0.2) is 42.5 Å². The summed E-state index contributed by atoms with van der Waals surface area (Å²) in [7, 11) is -3.79. The molecule has 0 radical (unpaired) electrons. The number of nitrogens with zero attached hydrogens (tertiary/aromatic N) is 2. The summed E-state index contributed by atoms with van der Waals surface area (Å²) in [6, 6.07) is 11.2. The fraction of sp³-hybridized carbons (Fsp3) is 0.481. The molecule has 37 heavy (non-hydrogen) atoms. The molecule has 0 aliphatic heterocycles. The first kappa shape index (κ1) is 29.3. The van der Waals surface area contributed by atoms with Gasteiger partial charge in [-0.3, -0.25) is 13.9 Å². The van der Waals surface area contributed by atoms with Crippen molar-refractivity contribution >= 4 is 50.7 Å². The Morgan fingerprint density at radius 1 is 1.05 bits per heavy atom. The number of carbonyl (C=O) groups excluding carboxylic acids is 2. The zero-order chi connectivity index (χ0) is 27.2. The van der Waals surface area contributed by atoms with E-state index in [1.807, 2.05) is 19.9 Å². The molecule has 0 bridgehead atoms. The van der Waals surface area contributed by atoms with Crippen molar-refractivity contribution < 1.29 is 18.0 Å². The van der Waals surface area contributed by atoms with Crippen molar-refractivity contribution in [1.29, 1.82) is 0 Å². The van der Waals surface area contributed by atoms with Gasteiger partial charge in [-0.2, -0.15) is 0 Å². The SMILES string of the molecule is CC[C@@H](C(=O)NC1CCCCC1)N(Cc1c(Cl)cccc1Cl)C(=O)CN(c1cccc(C)c1)S(C)(=O)=O. The lowest BCUT2D eigenvalue weighted by Gasteiger charge is -2.34. The van der Waals surface area contributed by atoms with Gasteiger partial charge in [-0.05, 0) is 56.0 Å². The standard InChI is InChI=1S/C27H35Cl2N3O4S/c1-4-25(27(34)30-20-11-6-5-7-12-20)31(17-22-23(28)14-9-15-24(22)29)26(33)18-32(37(3,35)36)21-13-8-10-19(2)16-21/h8-10,13-16,20,25H,4-7,11-12,17-18H2,1-3H3,(H,30,34)/t25-/m0/s1. The van der Waals surface area contributed by atoms with Crippen molar-refractivity contribution in [1.82, 2.24) is 10.2 Å². The monoisotopic (exact) mass is 567 g/mol. The molecule has 10 heteroatoms. The number of sulfonamides is 1. The van der Waals surface area contributed by atoms with Crippen LogP contribution in [0.25, 0.3) is 0 Å². The molecule has 0 heterocycles. The first-order valence-electron chi connectivity index (χ1n) is 12.6. The largest absolute Gasteiger partial charge is 0.352 e. The van der Waals surface area contributed by atoms with Crippen LogP contribution < -0.4 is 9.62 Å². The minimum absolute atomic E-state index is 0.0284. The average Bonchev–Trinajstić information content (AvgIpc) is 2.84. The van der Waals surface area contributed by atoms with E-state index in [9.17, 15) is 18.0 Å². The zero-order valence-corrected chi connectivity index (χ0v) is 23.9. The summed E-state index contributed by atoms with van der Waals surface area (Å²) in [5.74, 6) is -0.777. The molecule has 1 atom stereocenters. The molecule has 0 aromatic heterocycles. The first-order valence-corrected chi connectivity index (χ1v) is 15.2. The Hall–Kier alpha value is -2.29. The Kier molecular flexibility index (Phi) is 10.3. The quantitative estimate of drug-likeness (QED) is 0.420. The van der Waals surface area contributed by atoms with Gasteiger partial charge in [0, 0.05) is 28.2 Å². The van der Waals surface area contributed by atoms with E-state index in [0.717, 1.165) is 48.2 Å². The summed E-state index contributed by atoms with van der Waals surface area (Å²) in [4.78, 5) is 28.7. The van der Waals surface area contributed by atoms with Gasteiger partial charge in [0.2, 0.25) is 21.8 Å². The van der Waals surface area contributed by atoms with Crippen LogP contribution in [-0.4, -0.2) is 50.0 Å². The van der Waals surface area contributed by atoms with Gasteiger partial charge in [0.1, 0.15) is 12.6 Å². The third-order valence-corrected chi connectivity index (χ3v) is 8.55. The van der Waals surface area contributed by atoms with Gasteiger partial charge in [0.25, 0.3) is 0 Å². The second-order valence-corrected chi connectivity index (χ2v) is 12.3. The average molecular weight is 569 g/mol. The molecule has 1 aliphatic carbocycles. The normalized spacial score (nSPS) is 15.2. The van der Waals surface area contributed by atoms with Gasteiger partial charge in [-0.25, -0.2) is 8.42 Å². The number of hydrogen-bond acceptors (Lipinski definition) is 4. The minimum Gasteiger partial charge on any atom is -0.352 e. The van der Waals surface area contributed by atoms with Gasteiger partial charge < -0.3 is 10.2 Å². The number of amides is 2. The van der Waals surface area contributed by atoms with Crippen molar-refractivity contribution in [3.8, 4) is 0 Å². The van der Waals surface area contributed by atoms with Crippen molar-refractivity contribution in [3.05, 3.63) is 63.6 Å². The maximum atomic E-state index is 13.8. The minimum atomic E-state index is -3.79. The van der Waals surface area contributed by atoms with E-state index >= 15 is 0 Å². The van der Waals surface area contributed by atoms with Crippen molar-refractivity contribution in [2.45, 2.75) is 71.0 Å². The number of hydrogen-bond donors (Lipinski definition) is 1. The van der Waals surface area contributed by atoms with Crippen LogP contribution in [0.2, 0.25) is 10.0 Å². The highest BCUT2D eigenvalue weighted by atomic mass is 35.5. The number of aryl methyl sites for hydroxylation is 1. The molecule has 0 saturated heterocycles. The number of rotatable bonds is 10. The molecule has 0 spiro atoms. The van der Waals surface area contributed by atoms with E-state index in [2.05, 4.69) is 5.32 Å². The molecule has 2 aromatic carbocycles. The van der Waals surface area contributed by atoms with E-state index in [1.54, 1.807) is 36.4 Å². The zero-order valence-electron chi connectivity index (χ0n) is 21.5. The van der Waals surface area contributed by atoms with Crippen LogP contribution in [0.4, 0.5) is 5.69 Å². The van der Waals surface area contributed by atoms with Crippen LogP contribution >= 0.6 is 23.2 Å². The topological polar surface area (TPSA) is 86.8 Å². The predicted octanol–water partition coefficient (Wildman–Crippen LogP) is 5.32. The summed E-state index contributed by atoms with van der Waals surface area (Å²) in [6.07, 6.45) is 6.47. The molecule has 2 aromatic rings. The first-order chi connectivity index (χ1) is 17.5. The van der Waals surface area contributed by atoms with Gasteiger partial charge in [-0.15, -0.1) is 0 Å². The van der Waals surface area contributed by atoms with Gasteiger partial charge in [-0.1, -0.05) is 67.6 Å². The molecule has 1 N–H and O–H groups in total. The molecule has 1 saturated carbocycles. The maximum absolute atomic E-state index is 13.8. The summed E-state index contributed by atoms with van der Waals surface area (Å²) < 4.78 is 26.5. The van der Waals surface area contributed by atoms with Gasteiger partial charge >= 0.3 is 0 Å². The fourth-order valence-corrected chi connectivity index (χ4v) is 6.07. The summed E-state index contributed by atoms with van der Waals surface area (Å²) in [6.45, 7) is 3.19. The Balaban J connectivity index is 1.96. The van der Waals surface area contributed by atoms with E-state index in [1.165, 1.54) is 4.90 Å². The third kappa shape index (κ3) is 7.85. The number of halogens is 2. The highest BCUT2D eigenvalue weighted by Gasteiger charge is 2.33. The molecular formula is C27H35Cl2N3O4S. The Labute approximate surface area is 230 Å². The Bertz CT molecular complexity index is 1200. The highest BCUT2D eigenvalue weighted by Crippen LogP contribution is 2.28. The summed E-state index contributed by atoms with van der Waals surface area (Å²) in [5.41, 5.74) is 1.74. The van der Waals surface area contributed by atoms with Crippen LogP contribution in [-0.2, 0) is 26.2 Å². The third-order valence-electron chi connectivity index (χ3n) is 6.70. The second kappa shape index (κ2) is 13.0. The van der Waals surface area contributed by atoms with Gasteiger partial charge in [0.05, 0.1) is 11.9 Å². The molecule has 7 nitrogen and oxygen atoms in total. The summed E-state index contributed by atoms with van der Waals surface area (Å²) in [5, 5.41) is 3.85. The van der Waals surface area contributed by atoms with Crippen molar-refractivity contribution in [3.63, 3.8) is 0 Å². The molecule has 1 fully saturated rings. The molecule has 2 amide bonds. The molecular weight excluding hydrogens is 533 g/mol. The van der Waals surface area contributed by atoms with E-state index < -0.39 is 28.5 Å². The lowest BCUT2D eigenvalue weighted by atomic mass is 9.95. The molecule has 202 valence electrons. The Morgan fingerprint density at radius 2 is 1.68 bits per heavy atom. The second-order valence-electron chi connectivity index (χ2n) is 9.60. The van der Waals surface area contributed by atoms with E-state index in [-0.39, 0.29) is 18.5 Å². The molecule has 0 unspecified atom stereocenters. The summed E-state index contributed by atoms with van der Waals surface area (Å²) >= 11 is 12.8. The smallest absolute Gasteiger partial charge is 0.244 e. The van der Waals surface area contributed by atoms with Crippen LogP contribution in [0.3, 0.4) is 0 Å². The number of nitrogens with one attached hydrogen (secondary N) is 1. The van der Waals surface area contributed by atoms with Crippen LogP contribution in [0.5, 0.6) is 0 Å². The highest BCUT2D eigenvalue weighted by molar-refractivity contribution is 7.92. The number of benzene rings is 2. The fourth-order valence-electron chi connectivity index (χ4n) is 4.71. The number of carbonyl (C=O) groups is 2. The van der Waals surface area contributed by atoms with Gasteiger partial charge in [0.15, 0.2) is 0 Å². The van der Waals surface area contributed by atoms with E-state index in [4.69, 9.17) is 23.2 Å².